The number of ether oxygens (including phenoxy) is 3. The maximum absolute atomic E-state index is 12.4. The number of carbonyl (C=O) groups excluding carboxylic acids is 1. The highest BCUT2D eigenvalue weighted by Gasteiger charge is 2.43. The number of pyridine rings is 1. The maximum atomic E-state index is 12.4. The van der Waals surface area contributed by atoms with E-state index in [2.05, 4.69) is 45.6 Å². The van der Waals surface area contributed by atoms with Crippen LogP contribution in [0.3, 0.4) is 0 Å². The zero-order valence-corrected chi connectivity index (χ0v) is 25.4. The van der Waals surface area contributed by atoms with Gasteiger partial charge in [-0.15, -0.1) is 0 Å². The Morgan fingerprint density at radius 2 is 1.90 bits per heavy atom. The van der Waals surface area contributed by atoms with E-state index in [1.807, 2.05) is 33.9 Å². The van der Waals surface area contributed by atoms with Crippen LogP contribution in [0.1, 0.15) is 64.8 Å². The second-order valence-electron chi connectivity index (χ2n) is 13.1. The maximum Gasteiger partial charge on any atom is 0.410 e. The van der Waals surface area contributed by atoms with Gasteiger partial charge in [-0.2, -0.15) is 5.26 Å². The fraction of sp³-hybridized carbons (Fsp3) is 0.645. The van der Waals surface area contributed by atoms with Gasteiger partial charge in [-0.1, -0.05) is 0 Å². The van der Waals surface area contributed by atoms with Crippen molar-refractivity contribution in [3.63, 3.8) is 0 Å². The van der Waals surface area contributed by atoms with E-state index in [4.69, 9.17) is 19.2 Å². The number of morpholine rings is 1. The summed E-state index contributed by atoms with van der Waals surface area (Å²) >= 11 is 0. The van der Waals surface area contributed by atoms with Gasteiger partial charge in [0.2, 0.25) is 0 Å². The molecule has 1 amide bonds. The van der Waals surface area contributed by atoms with Gasteiger partial charge in [0.1, 0.15) is 23.4 Å². The Bertz CT molecular complexity index is 1310. The number of fused-ring (bicyclic) bond motifs is 2. The van der Waals surface area contributed by atoms with Gasteiger partial charge in [-0.3, -0.25) is 4.90 Å². The van der Waals surface area contributed by atoms with Gasteiger partial charge in [-0.25, -0.2) is 9.78 Å². The van der Waals surface area contributed by atoms with Crippen molar-refractivity contribution in [2.45, 2.75) is 76.8 Å². The number of nitrogens with zero attached hydrogens (tertiary/aromatic N) is 5. The van der Waals surface area contributed by atoms with Gasteiger partial charge in [-0.05, 0) is 72.7 Å². The molecule has 42 heavy (non-hydrogen) atoms. The fourth-order valence-corrected chi connectivity index (χ4v) is 6.79. The first-order valence-corrected chi connectivity index (χ1v) is 15.2. The molecule has 2 N–H and O–H groups in total. The molecule has 3 saturated heterocycles. The smallest absolute Gasteiger partial charge is 0.410 e. The molecule has 11 nitrogen and oxygen atoms in total. The summed E-state index contributed by atoms with van der Waals surface area (Å²) in [6.45, 7) is 16.2. The van der Waals surface area contributed by atoms with Gasteiger partial charge < -0.3 is 34.6 Å². The van der Waals surface area contributed by atoms with Crippen molar-refractivity contribution in [3.8, 4) is 11.8 Å². The van der Waals surface area contributed by atoms with Gasteiger partial charge in [0.25, 0.3) is 0 Å². The summed E-state index contributed by atoms with van der Waals surface area (Å²) in [5.74, 6) is 0.753. The normalized spacial score (nSPS) is 27.0. The summed E-state index contributed by atoms with van der Waals surface area (Å²) in [5, 5.41) is 17.4. The summed E-state index contributed by atoms with van der Waals surface area (Å²) in [5.41, 5.74) is 3.20. The van der Waals surface area contributed by atoms with Crippen LogP contribution in [-0.4, -0.2) is 102 Å². The van der Waals surface area contributed by atoms with Crippen molar-refractivity contribution >= 4 is 11.8 Å². The molecule has 0 spiro atoms. The first-order chi connectivity index (χ1) is 20.0. The Labute approximate surface area is 248 Å². The van der Waals surface area contributed by atoms with Crippen LogP contribution in [0, 0.1) is 11.3 Å². The van der Waals surface area contributed by atoms with Crippen LogP contribution < -0.4 is 15.4 Å². The van der Waals surface area contributed by atoms with Gasteiger partial charge in [0.05, 0.1) is 18.9 Å². The van der Waals surface area contributed by atoms with E-state index in [1.165, 1.54) is 0 Å². The zero-order valence-electron chi connectivity index (χ0n) is 25.4. The number of carbonyl (C=O) groups is 1. The molecule has 0 saturated carbocycles. The molecule has 0 aliphatic carbocycles. The molecule has 5 aliphatic heterocycles. The Kier molecular flexibility index (Phi) is 7.48. The third-order valence-electron chi connectivity index (χ3n) is 8.94. The van der Waals surface area contributed by atoms with Crippen molar-refractivity contribution in [1.82, 2.24) is 25.0 Å². The van der Waals surface area contributed by atoms with E-state index in [-0.39, 0.29) is 18.1 Å². The monoisotopic (exact) mass is 577 g/mol. The lowest BCUT2D eigenvalue weighted by Crippen LogP contribution is -2.62. The number of nitriles is 1. The van der Waals surface area contributed by atoms with Gasteiger partial charge in [0.15, 0.2) is 11.4 Å². The lowest BCUT2D eigenvalue weighted by Gasteiger charge is -2.47. The summed E-state index contributed by atoms with van der Waals surface area (Å²) in [7, 11) is 0. The molecule has 6 rings (SSSR count). The average Bonchev–Trinajstić information content (AvgIpc) is 3.04. The third kappa shape index (κ3) is 5.50. The molecule has 5 aliphatic rings. The van der Waals surface area contributed by atoms with Gasteiger partial charge >= 0.3 is 6.09 Å². The molecule has 0 aromatic carbocycles. The predicted molar refractivity (Wildman–Crippen MR) is 158 cm³/mol. The Morgan fingerprint density at radius 3 is 2.57 bits per heavy atom. The van der Waals surface area contributed by atoms with Crippen molar-refractivity contribution in [2.75, 3.05) is 57.8 Å². The standard InChI is InChI=1S/C31H43N7O4/c1-20-27-26(37-12-14-40-15-13-37)6-9-33-31(27,5)35-24-16-23(34-25(17-32)28(24)41-20)21-7-10-36(11-8-21)22-18-38(19-22)29(39)42-30(2,3)4/h6,9,16,20-22,33,35H,7-8,10-15,18-19H2,1-5H3. The Balaban J connectivity index is 1.17. The number of anilines is 1. The summed E-state index contributed by atoms with van der Waals surface area (Å²) in [6, 6.07) is 4.76. The minimum atomic E-state index is -0.591. The highest BCUT2D eigenvalue weighted by Crippen LogP contribution is 2.43. The van der Waals surface area contributed by atoms with Crippen molar-refractivity contribution in [2.24, 2.45) is 0 Å². The SMILES string of the molecule is CC1Oc2c(cc(C3CCN(C4CN(C(=O)OC(C)(C)C)C4)CC3)nc2C#N)NC2(C)NC=CC(N3CCOCC3)=C12. The molecule has 0 radical (unpaired) electrons. The number of dihydropyridines is 1. The van der Waals surface area contributed by atoms with Crippen molar-refractivity contribution < 1.29 is 19.0 Å². The molecule has 2 atom stereocenters. The fourth-order valence-electron chi connectivity index (χ4n) is 6.79. The molecular weight excluding hydrogens is 534 g/mol. The van der Waals surface area contributed by atoms with E-state index in [0.717, 1.165) is 61.7 Å². The molecule has 11 heteroatoms. The topological polar surface area (TPSA) is 115 Å². The van der Waals surface area contributed by atoms with Crippen LogP contribution in [0.2, 0.25) is 0 Å². The Hall–Kier alpha value is -3.49. The molecule has 1 aromatic rings. The minimum Gasteiger partial charge on any atom is -0.481 e. The first-order valence-electron chi connectivity index (χ1n) is 15.2. The predicted octanol–water partition coefficient (Wildman–Crippen LogP) is 3.36. The van der Waals surface area contributed by atoms with Crippen molar-refractivity contribution in [3.05, 3.63) is 41.0 Å². The molecule has 6 heterocycles. The molecule has 2 unspecified atom stereocenters. The highest BCUT2D eigenvalue weighted by molar-refractivity contribution is 5.69. The first kappa shape index (κ1) is 28.6. The van der Waals surface area contributed by atoms with Crippen molar-refractivity contribution in [1.29, 1.82) is 5.26 Å². The van der Waals surface area contributed by atoms with E-state index in [9.17, 15) is 10.1 Å². The number of nitrogens with one attached hydrogen (secondary N) is 2. The van der Waals surface area contributed by atoms with Crippen LogP contribution in [0.5, 0.6) is 5.75 Å². The van der Waals surface area contributed by atoms with E-state index in [0.29, 0.717) is 43.8 Å². The molecule has 1 aromatic heterocycles. The number of hydrogen-bond donors (Lipinski definition) is 2. The molecule has 3 fully saturated rings. The third-order valence-corrected chi connectivity index (χ3v) is 8.94. The Morgan fingerprint density at radius 1 is 1.19 bits per heavy atom. The van der Waals surface area contributed by atoms with Gasteiger partial charge in [0, 0.05) is 61.3 Å². The van der Waals surface area contributed by atoms with Crippen LogP contribution in [0.4, 0.5) is 10.5 Å². The van der Waals surface area contributed by atoms with Crippen LogP contribution in [0.15, 0.2) is 29.6 Å². The summed E-state index contributed by atoms with van der Waals surface area (Å²) < 4.78 is 17.6. The molecule has 0 bridgehead atoms. The van der Waals surface area contributed by atoms with E-state index < -0.39 is 11.3 Å². The summed E-state index contributed by atoms with van der Waals surface area (Å²) in [4.78, 5) is 23.8. The average molecular weight is 578 g/mol. The number of hydrogen-bond acceptors (Lipinski definition) is 10. The number of aromatic nitrogens is 1. The number of amides is 1. The molecular formula is C31H43N7O4. The molecule has 226 valence electrons. The quantitative estimate of drug-likeness (QED) is 0.554. The van der Waals surface area contributed by atoms with Crippen LogP contribution in [0.25, 0.3) is 0 Å². The van der Waals surface area contributed by atoms with Crippen LogP contribution in [-0.2, 0) is 9.47 Å². The van der Waals surface area contributed by atoms with E-state index in [1.54, 1.807) is 4.90 Å². The number of likely N-dealkylation sites (tertiary alicyclic amines) is 2. The second kappa shape index (κ2) is 11.0. The number of piperidine rings is 1. The number of rotatable bonds is 3. The van der Waals surface area contributed by atoms with Crippen LogP contribution >= 0.6 is 0 Å². The minimum absolute atomic E-state index is 0.234. The highest BCUT2D eigenvalue weighted by atomic mass is 16.6. The number of allylic oxidation sites excluding steroid dienone is 1. The lowest BCUT2D eigenvalue weighted by molar-refractivity contribution is -0.0197. The second-order valence-corrected chi connectivity index (χ2v) is 13.1. The summed E-state index contributed by atoms with van der Waals surface area (Å²) in [6.07, 6.45) is 5.49. The zero-order chi connectivity index (χ0) is 29.6. The lowest BCUT2D eigenvalue weighted by atomic mass is 9.90. The van der Waals surface area contributed by atoms with E-state index >= 15 is 0 Å². The largest absolute Gasteiger partial charge is 0.481 e.